The summed E-state index contributed by atoms with van der Waals surface area (Å²) in [7, 11) is 0. The maximum absolute atomic E-state index is 13.6. The predicted molar refractivity (Wildman–Crippen MR) is 89.6 cm³/mol. The van der Waals surface area contributed by atoms with E-state index < -0.39 is 11.7 Å². The van der Waals surface area contributed by atoms with Gasteiger partial charge in [-0.15, -0.1) is 0 Å². The predicted octanol–water partition coefficient (Wildman–Crippen LogP) is 4.32. The van der Waals surface area contributed by atoms with E-state index in [1.165, 1.54) is 12.5 Å². The maximum atomic E-state index is 13.6. The third-order valence-corrected chi connectivity index (χ3v) is 5.66. The highest BCUT2D eigenvalue weighted by Gasteiger charge is 2.42. The minimum atomic E-state index is -4.33. The van der Waals surface area contributed by atoms with Gasteiger partial charge >= 0.3 is 6.18 Å². The molecule has 2 fully saturated rings. The topological polar surface area (TPSA) is 36.1 Å². The second-order valence-electron chi connectivity index (χ2n) is 7.32. The van der Waals surface area contributed by atoms with E-state index in [-0.39, 0.29) is 12.0 Å². The first-order chi connectivity index (χ1) is 11.5. The van der Waals surface area contributed by atoms with Crippen molar-refractivity contribution in [2.45, 2.75) is 62.7 Å². The molecule has 3 aliphatic rings. The van der Waals surface area contributed by atoms with E-state index in [4.69, 9.17) is 0 Å². The molecule has 0 amide bonds. The molecule has 2 unspecified atom stereocenters. The van der Waals surface area contributed by atoms with Crippen LogP contribution in [0.1, 0.15) is 55.6 Å². The monoisotopic (exact) mass is 339 g/mol. The number of halogens is 3. The van der Waals surface area contributed by atoms with Crippen LogP contribution in [0, 0.1) is 0 Å². The highest BCUT2D eigenvalue weighted by atomic mass is 19.4. The molecule has 3 nitrogen and oxygen atoms in total. The summed E-state index contributed by atoms with van der Waals surface area (Å²) in [6, 6.07) is 3.66. The van der Waals surface area contributed by atoms with Crippen LogP contribution < -0.4 is 16.0 Å². The van der Waals surface area contributed by atoms with E-state index in [0.29, 0.717) is 17.4 Å². The molecule has 2 atom stereocenters. The Bertz CT molecular complexity index is 608. The van der Waals surface area contributed by atoms with Gasteiger partial charge in [-0.3, -0.25) is 0 Å². The van der Waals surface area contributed by atoms with Crippen molar-refractivity contribution < 1.29 is 13.2 Å². The first-order valence-electron chi connectivity index (χ1n) is 9.01. The zero-order valence-corrected chi connectivity index (χ0v) is 13.7. The SMILES string of the molecule is FC(F)(F)c1cc(NC2CCCCC2)cc2c1NC1CCNCC21. The van der Waals surface area contributed by atoms with E-state index in [9.17, 15) is 13.2 Å². The lowest BCUT2D eigenvalue weighted by atomic mass is 9.89. The molecule has 2 aliphatic heterocycles. The van der Waals surface area contributed by atoms with Crippen molar-refractivity contribution in [1.82, 2.24) is 5.32 Å². The average molecular weight is 339 g/mol. The fraction of sp³-hybridized carbons (Fsp3) is 0.667. The van der Waals surface area contributed by atoms with Crippen LogP contribution in [-0.2, 0) is 6.18 Å². The molecule has 1 aliphatic carbocycles. The summed E-state index contributed by atoms with van der Waals surface area (Å²) in [5.41, 5.74) is 1.23. The molecule has 1 aromatic rings. The molecule has 1 saturated carbocycles. The van der Waals surface area contributed by atoms with Crippen LogP contribution in [0.15, 0.2) is 12.1 Å². The van der Waals surface area contributed by atoms with Crippen LogP contribution in [0.25, 0.3) is 0 Å². The fourth-order valence-electron chi connectivity index (χ4n) is 4.45. The Balaban J connectivity index is 1.69. The van der Waals surface area contributed by atoms with E-state index in [1.807, 2.05) is 6.07 Å². The number of anilines is 2. The lowest BCUT2D eigenvalue weighted by molar-refractivity contribution is -0.136. The van der Waals surface area contributed by atoms with Gasteiger partial charge in [0.05, 0.1) is 11.3 Å². The van der Waals surface area contributed by atoms with Crippen molar-refractivity contribution in [2.24, 2.45) is 0 Å². The Morgan fingerprint density at radius 3 is 2.58 bits per heavy atom. The zero-order valence-electron chi connectivity index (χ0n) is 13.7. The van der Waals surface area contributed by atoms with Crippen molar-refractivity contribution in [3.63, 3.8) is 0 Å². The maximum Gasteiger partial charge on any atom is 0.418 e. The number of hydrogen-bond donors (Lipinski definition) is 3. The quantitative estimate of drug-likeness (QED) is 0.751. The van der Waals surface area contributed by atoms with Crippen LogP contribution >= 0.6 is 0 Å². The number of hydrogen-bond acceptors (Lipinski definition) is 3. The minimum Gasteiger partial charge on any atom is -0.382 e. The second-order valence-corrected chi connectivity index (χ2v) is 7.32. The van der Waals surface area contributed by atoms with Crippen molar-refractivity contribution in [2.75, 3.05) is 23.7 Å². The number of piperidine rings is 1. The molecular weight excluding hydrogens is 315 g/mol. The van der Waals surface area contributed by atoms with Crippen LogP contribution in [0.4, 0.5) is 24.5 Å². The summed E-state index contributed by atoms with van der Waals surface area (Å²) >= 11 is 0. The van der Waals surface area contributed by atoms with Gasteiger partial charge in [0, 0.05) is 30.2 Å². The Kier molecular flexibility index (Phi) is 4.11. The highest BCUT2D eigenvalue weighted by molar-refractivity contribution is 5.71. The highest BCUT2D eigenvalue weighted by Crippen LogP contribution is 2.47. The molecule has 0 bridgehead atoms. The molecule has 132 valence electrons. The van der Waals surface area contributed by atoms with Gasteiger partial charge in [0.1, 0.15) is 0 Å². The largest absolute Gasteiger partial charge is 0.418 e. The molecule has 24 heavy (non-hydrogen) atoms. The van der Waals surface area contributed by atoms with Crippen molar-refractivity contribution in [1.29, 1.82) is 0 Å². The molecule has 0 aromatic heterocycles. The van der Waals surface area contributed by atoms with Gasteiger partial charge in [0.25, 0.3) is 0 Å². The number of rotatable bonds is 2. The fourth-order valence-corrected chi connectivity index (χ4v) is 4.45. The summed E-state index contributed by atoms with van der Waals surface area (Å²) in [5, 5.41) is 9.84. The second kappa shape index (κ2) is 6.14. The lowest BCUT2D eigenvalue weighted by Gasteiger charge is -2.27. The summed E-state index contributed by atoms with van der Waals surface area (Å²) in [6.07, 6.45) is 2.17. The first kappa shape index (κ1) is 16.1. The molecule has 4 rings (SSSR count). The van der Waals surface area contributed by atoms with Crippen LogP contribution in [0.2, 0.25) is 0 Å². The van der Waals surface area contributed by atoms with E-state index in [0.717, 1.165) is 50.8 Å². The zero-order chi connectivity index (χ0) is 16.7. The van der Waals surface area contributed by atoms with E-state index >= 15 is 0 Å². The first-order valence-corrected chi connectivity index (χ1v) is 9.01. The Morgan fingerprint density at radius 1 is 1.04 bits per heavy atom. The number of benzene rings is 1. The van der Waals surface area contributed by atoms with Crippen molar-refractivity contribution in [3.8, 4) is 0 Å². The van der Waals surface area contributed by atoms with Crippen LogP contribution in [0.5, 0.6) is 0 Å². The smallest absolute Gasteiger partial charge is 0.382 e. The summed E-state index contributed by atoms with van der Waals surface area (Å²) in [6.45, 7) is 1.60. The van der Waals surface area contributed by atoms with Crippen LogP contribution in [0.3, 0.4) is 0 Å². The number of alkyl halides is 3. The van der Waals surface area contributed by atoms with Gasteiger partial charge in [0.2, 0.25) is 0 Å². The van der Waals surface area contributed by atoms with Gasteiger partial charge in [-0.25, -0.2) is 0 Å². The summed E-state index contributed by atoms with van der Waals surface area (Å²) in [5.74, 6) is 0.128. The van der Waals surface area contributed by atoms with Gasteiger partial charge < -0.3 is 16.0 Å². The molecule has 0 spiro atoms. The molecule has 6 heteroatoms. The van der Waals surface area contributed by atoms with Crippen LogP contribution in [-0.4, -0.2) is 25.2 Å². The van der Waals surface area contributed by atoms with E-state index in [2.05, 4.69) is 16.0 Å². The Hall–Kier alpha value is -1.43. The van der Waals surface area contributed by atoms with Gasteiger partial charge in [-0.2, -0.15) is 13.2 Å². The lowest BCUT2D eigenvalue weighted by Crippen LogP contribution is -2.38. The molecule has 1 saturated heterocycles. The summed E-state index contributed by atoms with van der Waals surface area (Å²) < 4.78 is 40.8. The Morgan fingerprint density at radius 2 is 1.83 bits per heavy atom. The third kappa shape index (κ3) is 2.96. The third-order valence-electron chi connectivity index (χ3n) is 5.66. The van der Waals surface area contributed by atoms with Gasteiger partial charge in [0.15, 0.2) is 0 Å². The van der Waals surface area contributed by atoms with Crippen molar-refractivity contribution >= 4 is 11.4 Å². The molecule has 3 N–H and O–H groups in total. The Labute approximate surface area is 140 Å². The normalized spacial score (nSPS) is 27.3. The average Bonchev–Trinajstić information content (AvgIpc) is 2.93. The molecule has 0 radical (unpaired) electrons. The molecule has 1 aromatic carbocycles. The minimum absolute atomic E-state index is 0.118. The number of fused-ring (bicyclic) bond motifs is 3. The summed E-state index contributed by atoms with van der Waals surface area (Å²) in [4.78, 5) is 0. The standard InChI is InChI=1S/C18H24F3N3/c19-18(20,21)15-9-12(23-11-4-2-1-3-5-11)8-13-14-10-22-7-6-16(14)24-17(13)15/h8-9,11,14,16,22-24H,1-7,10H2. The van der Waals surface area contributed by atoms with E-state index in [1.54, 1.807) is 0 Å². The molecule has 2 heterocycles. The molecular formula is C18H24F3N3. The number of nitrogens with one attached hydrogen (secondary N) is 3. The van der Waals surface area contributed by atoms with Gasteiger partial charge in [-0.1, -0.05) is 19.3 Å². The van der Waals surface area contributed by atoms with Crippen molar-refractivity contribution in [3.05, 3.63) is 23.3 Å². The van der Waals surface area contributed by atoms with Gasteiger partial charge in [-0.05, 0) is 43.5 Å².